The van der Waals surface area contributed by atoms with Crippen LogP contribution in [0.3, 0.4) is 0 Å². The molecule has 0 saturated heterocycles. The second kappa shape index (κ2) is 7.22. The summed E-state index contributed by atoms with van der Waals surface area (Å²) in [6.45, 7) is 5.32. The van der Waals surface area contributed by atoms with Gasteiger partial charge in [-0.1, -0.05) is 31.5 Å². The van der Waals surface area contributed by atoms with Crippen LogP contribution in [-0.4, -0.2) is 16.0 Å². The van der Waals surface area contributed by atoms with E-state index in [0.29, 0.717) is 29.2 Å². The summed E-state index contributed by atoms with van der Waals surface area (Å²) in [5, 5.41) is 3.95. The quantitative estimate of drug-likeness (QED) is 0.888. The van der Waals surface area contributed by atoms with Crippen LogP contribution in [0, 0.1) is 0 Å². The Morgan fingerprint density at radius 3 is 2.65 bits per heavy atom. The Kier molecular flexibility index (Phi) is 5.32. The predicted octanol–water partition coefficient (Wildman–Crippen LogP) is 3.21. The van der Waals surface area contributed by atoms with Gasteiger partial charge in [-0.15, -0.1) is 0 Å². The molecule has 0 bridgehead atoms. The highest BCUT2D eigenvalue weighted by Crippen LogP contribution is 2.26. The van der Waals surface area contributed by atoms with Gasteiger partial charge < -0.3 is 10.1 Å². The standard InChI is InChI=1S/C15H18ClN3O/c1-11(2)19-9-12-4-5-14(13(16)8-12)20-10-15-17-6-3-7-18-15/h3-8,11,19H,9-10H2,1-2H3. The summed E-state index contributed by atoms with van der Waals surface area (Å²) in [6, 6.07) is 8.01. The number of halogens is 1. The number of benzene rings is 1. The second-order valence-electron chi connectivity index (χ2n) is 4.75. The molecule has 0 aliphatic heterocycles. The average molecular weight is 292 g/mol. The first kappa shape index (κ1) is 14.8. The van der Waals surface area contributed by atoms with Crippen LogP contribution in [0.15, 0.2) is 36.7 Å². The van der Waals surface area contributed by atoms with E-state index >= 15 is 0 Å². The molecule has 4 nitrogen and oxygen atoms in total. The van der Waals surface area contributed by atoms with Crippen molar-refractivity contribution in [3.8, 4) is 5.75 Å². The van der Waals surface area contributed by atoms with E-state index in [4.69, 9.17) is 16.3 Å². The normalized spacial score (nSPS) is 10.8. The van der Waals surface area contributed by atoms with Crippen molar-refractivity contribution in [2.75, 3.05) is 0 Å². The number of hydrogen-bond donors (Lipinski definition) is 1. The monoisotopic (exact) mass is 291 g/mol. The van der Waals surface area contributed by atoms with Gasteiger partial charge in [0.15, 0.2) is 5.82 Å². The molecule has 0 unspecified atom stereocenters. The highest BCUT2D eigenvalue weighted by Gasteiger charge is 2.05. The lowest BCUT2D eigenvalue weighted by Crippen LogP contribution is -2.21. The van der Waals surface area contributed by atoms with Gasteiger partial charge in [0.25, 0.3) is 0 Å². The fourth-order valence-corrected chi connectivity index (χ4v) is 1.90. The SMILES string of the molecule is CC(C)NCc1ccc(OCc2ncccn2)c(Cl)c1. The second-order valence-corrected chi connectivity index (χ2v) is 5.16. The molecule has 106 valence electrons. The number of ether oxygens (including phenoxy) is 1. The molecule has 0 fully saturated rings. The minimum atomic E-state index is 0.310. The first-order valence-corrected chi connectivity index (χ1v) is 6.93. The van der Waals surface area contributed by atoms with E-state index in [2.05, 4.69) is 29.1 Å². The molecule has 0 atom stereocenters. The van der Waals surface area contributed by atoms with Crippen LogP contribution in [0.25, 0.3) is 0 Å². The zero-order valence-electron chi connectivity index (χ0n) is 11.6. The summed E-state index contributed by atoms with van der Waals surface area (Å²) < 4.78 is 5.63. The molecule has 0 spiro atoms. The Morgan fingerprint density at radius 2 is 2.00 bits per heavy atom. The van der Waals surface area contributed by atoms with E-state index in [1.165, 1.54) is 0 Å². The van der Waals surface area contributed by atoms with Gasteiger partial charge in [0.05, 0.1) is 5.02 Å². The van der Waals surface area contributed by atoms with E-state index < -0.39 is 0 Å². The Labute approximate surface area is 124 Å². The molecule has 0 amide bonds. The Balaban J connectivity index is 1.95. The highest BCUT2D eigenvalue weighted by atomic mass is 35.5. The maximum atomic E-state index is 6.22. The summed E-state index contributed by atoms with van der Waals surface area (Å²) >= 11 is 6.22. The zero-order valence-corrected chi connectivity index (χ0v) is 12.4. The van der Waals surface area contributed by atoms with E-state index in [9.17, 15) is 0 Å². The Morgan fingerprint density at radius 1 is 1.25 bits per heavy atom. The van der Waals surface area contributed by atoms with Gasteiger partial charge in [0, 0.05) is 25.0 Å². The van der Waals surface area contributed by atoms with Crippen LogP contribution in [0.4, 0.5) is 0 Å². The maximum Gasteiger partial charge on any atom is 0.166 e. The van der Waals surface area contributed by atoms with Crippen molar-refractivity contribution < 1.29 is 4.74 Å². The van der Waals surface area contributed by atoms with Crippen LogP contribution >= 0.6 is 11.6 Å². The van der Waals surface area contributed by atoms with E-state index in [-0.39, 0.29) is 0 Å². The topological polar surface area (TPSA) is 47.0 Å². The highest BCUT2D eigenvalue weighted by molar-refractivity contribution is 6.32. The number of nitrogens with one attached hydrogen (secondary N) is 1. The van der Waals surface area contributed by atoms with E-state index in [1.807, 2.05) is 18.2 Å². The van der Waals surface area contributed by atoms with Crippen molar-refractivity contribution in [3.05, 3.63) is 53.1 Å². The van der Waals surface area contributed by atoms with Gasteiger partial charge in [-0.05, 0) is 23.8 Å². The minimum Gasteiger partial charge on any atom is -0.484 e. The Bertz CT molecular complexity index is 546. The molecule has 0 aliphatic carbocycles. The van der Waals surface area contributed by atoms with Crippen LogP contribution in [0.2, 0.25) is 5.02 Å². The number of hydrogen-bond acceptors (Lipinski definition) is 4. The molecular formula is C15H18ClN3O. The molecule has 5 heteroatoms. The van der Waals surface area contributed by atoms with Gasteiger partial charge in [-0.25, -0.2) is 9.97 Å². The van der Waals surface area contributed by atoms with Crippen molar-refractivity contribution in [2.45, 2.75) is 33.0 Å². The third kappa shape index (κ3) is 4.47. The predicted molar refractivity (Wildman–Crippen MR) is 79.8 cm³/mol. The van der Waals surface area contributed by atoms with Crippen molar-refractivity contribution in [1.82, 2.24) is 15.3 Å². The third-order valence-corrected chi connectivity index (χ3v) is 2.98. The van der Waals surface area contributed by atoms with Gasteiger partial charge >= 0.3 is 0 Å². The van der Waals surface area contributed by atoms with Crippen LogP contribution in [0.5, 0.6) is 5.75 Å². The van der Waals surface area contributed by atoms with Crippen LogP contribution in [0.1, 0.15) is 25.2 Å². The fraction of sp³-hybridized carbons (Fsp3) is 0.333. The van der Waals surface area contributed by atoms with E-state index in [1.54, 1.807) is 18.5 Å². The largest absolute Gasteiger partial charge is 0.484 e. The van der Waals surface area contributed by atoms with Crippen molar-refractivity contribution in [3.63, 3.8) is 0 Å². The summed E-state index contributed by atoms with van der Waals surface area (Å²) in [5.74, 6) is 1.28. The molecule has 0 radical (unpaired) electrons. The molecule has 1 aromatic carbocycles. The molecule has 1 N–H and O–H groups in total. The summed E-state index contributed by atoms with van der Waals surface area (Å²) in [7, 11) is 0. The lowest BCUT2D eigenvalue weighted by molar-refractivity contribution is 0.296. The van der Waals surface area contributed by atoms with Gasteiger partial charge in [0.1, 0.15) is 12.4 Å². The molecule has 1 heterocycles. The number of aromatic nitrogens is 2. The van der Waals surface area contributed by atoms with Crippen LogP contribution in [-0.2, 0) is 13.2 Å². The molecular weight excluding hydrogens is 274 g/mol. The van der Waals surface area contributed by atoms with Gasteiger partial charge in [-0.2, -0.15) is 0 Å². The van der Waals surface area contributed by atoms with Crippen LogP contribution < -0.4 is 10.1 Å². The summed E-state index contributed by atoms with van der Waals surface area (Å²) in [6.07, 6.45) is 3.38. The minimum absolute atomic E-state index is 0.310. The first-order valence-electron chi connectivity index (χ1n) is 6.55. The first-order chi connectivity index (χ1) is 9.65. The van der Waals surface area contributed by atoms with Gasteiger partial charge in [0.2, 0.25) is 0 Å². The average Bonchev–Trinajstić information content (AvgIpc) is 2.45. The molecule has 2 aromatic rings. The zero-order chi connectivity index (χ0) is 14.4. The smallest absolute Gasteiger partial charge is 0.166 e. The molecule has 1 aromatic heterocycles. The third-order valence-electron chi connectivity index (χ3n) is 2.69. The molecule has 20 heavy (non-hydrogen) atoms. The molecule has 0 aliphatic rings. The van der Waals surface area contributed by atoms with Crippen molar-refractivity contribution >= 4 is 11.6 Å². The number of rotatable bonds is 6. The molecule has 0 saturated carbocycles. The lowest BCUT2D eigenvalue weighted by atomic mass is 10.2. The fourth-order valence-electron chi connectivity index (χ4n) is 1.64. The van der Waals surface area contributed by atoms with Crippen molar-refractivity contribution in [2.24, 2.45) is 0 Å². The summed E-state index contributed by atoms with van der Waals surface area (Å²) in [4.78, 5) is 8.20. The number of nitrogens with zero attached hydrogens (tertiary/aromatic N) is 2. The maximum absolute atomic E-state index is 6.22. The van der Waals surface area contributed by atoms with E-state index in [0.717, 1.165) is 12.1 Å². The van der Waals surface area contributed by atoms with Crippen molar-refractivity contribution in [1.29, 1.82) is 0 Å². The Hall–Kier alpha value is -1.65. The lowest BCUT2D eigenvalue weighted by Gasteiger charge is -2.11. The van der Waals surface area contributed by atoms with Gasteiger partial charge in [-0.3, -0.25) is 0 Å². The summed E-state index contributed by atoms with van der Waals surface area (Å²) in [5.41, 5.74) is 1.13. The molecule has 2 rings (SSSR count).